The normalized spacial score (nSPS) is 11.6. The largest absolute Gasteiger partial charge is 0.481 e. The molecule has 0 radical (unpaired) electrons. The van der Waals surface area contributed by atoms with Crippen molar-refractivity contribution in [1.82, 2.24) is 0 Å². The van der Waals surface area contributed by atoms with E-state index in [1.54, 1.807) is 0 Å². The number of unbranched alkanes of at least 4 members (excludes halogenated alkanes) is 1. The summed E-state index contributed by atoms with van der Waals surface area (Å²) < 4.78 is 4.76. The summed E-state index contributed by atoms with van der Waals surface area (Å²) in [4.78, 5) is 32.0. The highest BCUT2D eigenvalue weighted by molar-refractivity contribution is 5.81. The summed E-state index contributed by atoms with van der Waals surface area (Å²) in [6.45, 7) is 3.50. The van der Waals surface area contributed by atoms with Crippen LogP contribution < -0.4 is 0 Å². The minimum absolute atomic E-state index is 0.0132. The Hall–Kier alpha value is -1.85. The summed E-state index contributed by atoms with van der Waals surface area (Å²) >= 11 is 0. The van der Waals surface area contributed by atoms with Crippen LogP contribution in [0, 0.1) is 5.92 Å². The molecule has 0 rings (SSSR count). The molecule has 0 aliphatic carbocycles. The summed E-state index contributed by atoms with van der Waals surface area (Å²) in [5.41, 5.74) is 0. The second-order valence-corrected chi connectivity index (χ2v) is 4.19. The predicted octanol–water partition coefficient (Wildman–Crippen LogP) is 1.84. The van der Waals surface area contributed by atoms with Crippen molar-refractivity contribution in [3.63, 3.8) is 0 Å². The maximum atomic E-state index is 10.9. The highest BCUT2D eigenvalue weighted by Gasteiger charge is 2.17. The number of hydrogen-bond acceptors (Lipinski definition) is 4. The van der Waals surface area contributed by atoms with E-state index >= 15 is 0 Å². The zero-order valence-corrected chi connectivity index (χ0v) is 10.8. The standard InChI is InChI=1S/C13H20O6/c1-2-12(16)19-9-4-3-6-10(13(17)18)7-5-8-11(14)15/h2,10H,1,3-9H2,(H,14,15)(H,17,18). The third-order valence-corrected chi connectivity index (χ3v) is 2.65. The van der Waals surface area contributed by atoms with Crippen molar-refractivity contribution < 1.29 is 29.3 Å². The number of carboxylic acids is 2. The Kier molecular flexibility index (Phi) is 9.12. The van der Waals surface area contributed by atoms with Crippen LogP contribution >= 0.6 is 0 Å². The molecule has 0 amide bonds. The first-order valence-corrected chi connectivity index (χ1v) is 6.21. The molecule has 1 atom stereocenters. The van der Waals surface area contributed by atoms with Gasteiger partial charge >= 0.3 is 17.9 Å². The molecule has 0 heterocycles. The molecular formula is C13H20O6. The number of aliphatic carboxylic acids is 2. The number of rotatable bonds is 11. The zero-order chi connectivity index (χ0) is 14.7. The molecule has 0 fully saturated rings. The second kappa shape index (κ2) is 10.1. The minimum atomic E-state index is -0.916. The maximum Gasteiger partial charge on any atom is 0.330 e. The van der Waals surface area contributed by atoms with Crippen molar-refractivity contribution in [2.75, 3.05) is 6.61 Å². The molecule has 19 heavy (non-hydrogen) atoms. The van der Waals surface area contributed by atoms with Gasteiger partial charge in [-0.05, 0) is 32.1 Å². The van der Waals surface area contributed by atoms with Crippen LogP contribution in [0.5, 0.6) is 0 Å². The van der Waals surface area contributed by atoms with Crippen molar-refractivity contribution in [1.29, 1.82) is 0 Å². The van der Waals surface area contributed by atoms with Gasteiger partial charge in [0.2, 0.25) is 0 Å². The fourth-order valence-corrected chi connectivity index (χ4v) is 1.62. The van der Waals surface area contributed by atoms with E-state index in [1.807, 2.05) is 0 Å². The Balaban J connectivity index is 3.76. The van der Waals surface area contributed by atoms with Crippen LogP contribution in [0.1, 0.15) is 38.5 Å². The van der Waals surface area contributed by atoms with Crippen molar-refractivity contribution in [2.24, 2.45) is 5.92 Å². The summed E-state index contributed by atoms with van der Waals surface area (Å²) in [5.74, 6) is -2.85. The van der Waals surface area contributed by atoms with Gasteiger partial charge < -0.3 is 14.9 Å². The van der Waals surface area contributed by atoms with Crippen LogP contribution in [0.4, 0.5) is 0 Å². The Bertz CT molecular complexity index is 323. The minimum Gasteiger partial charge on any atom is -0.481 e. The lowest BCUT2D eigenvalue weighted by Gasteiger charge is -2.11. The molecule has 2 N–H and O–H groups in total. The van der Waals surface area contributed by atoms with Gasteiger partial charge in [0, 0.05) is 12.5 Å². The van der Waals surface area contributed by atoms with E-state index < -0.39 is 23.8 Å². The lowest BCUT2D eigenvalue weighted by Crippen LogP contribution is -2.14. The number of carboxylic acid groups (broad SMARTS) is 2. The maximum absolute atomic E-state index is 10.9. The fourth-order valence-electron chi connectivity index (χ4n) is 1.62. The van der Waals surface area contributed by atoms with E-state index in [9.17, 15) is 14.4 Å². The van der Waals surface area contributed by atoms with E-state index in [-0.39, 0.29) is 13.0 Å². The van der Waals surface area contributed by atoms with Crippen molar-refractivity contribution in [2.45, 2.75) is 38.5 Å². The quantitative estimate of drug-likeness (QED) is 0.338. The van der Waals surface area contributed by atoms with E-state index in [2.05, 4.69) is 6.58 Å². The summed E-state index contributed by atoms with van der Waals surface area (Å²) in [5, 5.41) is 17.5. The third kappa shape index (κ3) is 9.82. The molecule has 108 valence electrons. The number of hydrogen-bond donors (Lipinski definition) is 2. The highest BCUT2D eigenvalue weighted by Crippen LogP contribution is 2.16. The highest BCUT2D eigenvalue weighted by atomic mass is 16.5. The molecule has 0 aromatic rings. The first-order valence-electron chi connectivity index (χ1n) is 6.21. The zero-order valence-electron chi connectivity index (χ0n) is 10.8. The molecule has 0 aliphatic rings. The Labute approximate surface area is 112 Å². The van der Waals surface area contributed by atoms with Crippen LogP contribution in [0.15, 0.2) is 12.7 Å². The molecule has 0 spiro atoms. The molecule has 0 saturated heterocycles. The number of carbonyl (C=O) groups is 3. The second-order valence-electron chi connectivity index (χ2n) is 4.19. The van der Waals surface area contributed by atoms with Crippen LogP contribution in [-0.2, 0) is 19.1 Å². The van der Waals surface area contributed by atoms with Gasteiger partial charge in [-0.25, -0.2) is 4.79 Å². The smallest absolute Gasteiger partial charge is 0.330 e. The van der Waals surface area contributed by atoms with Gasteiger partial charge in [0.1, 0.15) is 0 Å². The van der Waals surface area contributed by atoms with Crippen LogP contribution in [0.2, 0.25) is 0 Å². The summed E-state index contributed by atoms with van der Waals surface area (Å²) in [7, 11) is 0. The van der Waals surface area contributed by atoms with E-state index in [0.29, 0.717) is 32.1 Å². The fraction of sp³-hybridized carbons (Fsp3) is 0.615. The Morgan fingerprint density at radius 2 is 1.74 bits per heavy atom. The molecule has 6 nitrogen and oxygen atoms in total. The van der Waals surface area contributed by atoms with Crippen molar-refractivity contribution in [3.8, 4) is 0 Å². The SMILES string of the molecule is C=CC(=O)OCCCCC(CCCC(=O)O)C(=O)O. The lowest BCUT2D eigenvalue weighted by molar-refractivity contribution is -0.143. The first-order chi connectivity index (χ1) is 8.97. The van der Waals surface area contributed by atoms with Gasteiger partial charge in [-0.15, -0.1) is 0 Å². The van der Waals surface area contributed by atoms with Gasteiger partial charge in [-0.2, -0.15) is 0 Å². The van der Waals surface area contributed by atoms with Gasteiger partial charge in [-0.1, -0.05) is 6.58 Å². The number of esters is 1. The van der Waals surface area contributed by atoms with Crippen molar-refractivity contribution in [3.05, 3.63) is 12.7 Å². The number of ether oxygens (including phenoxy) is 1. The van der Waals surface area contributed by atoms with Crippen LogP contribution in [0.25, 0.3) is 0 Å². The predicted molar refractivity (Wildman–Crippen MR) is 67.6 cm³/mol. The summed E-state index contributed by atoms with van der Waals surface area (Å²) in [6.07, 6.45) is 3.44. The van der Waals surface area contributed by atoms with E-state index in [1.165, 1.54) is 0 Å². The molecule has 0 saturated carbocycles. The van der Waals surface area contributed by atoms with Crippen LogP contribution in [0.3, 0.4) is 0 Å². The van der Waals surface area contributed by atoms with E-state index in [4.69, 9.17) is 14.9 Å². The molecule has 0 aromatic carbocycles. The third-order valence-electron chi connectivity index (χ3n) is 2.65. The van der Waals surface area contributed by atoms with Crippen molar-refractivity contribution >= 4 is 17.9 Å². The van der Waals surface area contributed by atoms with Gasteiger partial charge in [0.05, 0.1) is 12.5 Å². The Morgan fingerprint density at radius 1 is 1.11 bits per heavy atom. The van der Waals surface area contributed by atoms with Gasteiger partial charge in [-0.3, -0.25) is 9.59 Å². The van der Waals surface area contributed by atoms with Crippen LogP contribution in [-0.4, -0.2) is 34.7 Å². The topological polar surface area (TPSA) is 101 Å². The average molecular weight is 272 g/mol. The Morgan fingerprint density at radius 3 is 2.26 bits per heavy atom. The van der Waals surface area contributed by atoms with Gasteiger partial charge in [0.15, 0.2) is 0 Å². The molecule has 0 bridgehead atoms. The molecule has 1 unspecified atom stereocenters. The molecule has 6 heteroatoms. The first kappa shape index (κ1) is 17.2. The molecule has 0 aromatic heterocycles. The lowest BCUT2D eigenvalue weighted by atomic mass is 9.96. The monoisotopic (exact) mass is 272 g/mol. The number of carbonyl (C=O) groups excluding carboxylic acids is 1. The molecule has 0 aliphatic heterocycles. The molecular weight excluding hydrogens is 252 g/mol. The average Bonchev–Trinajstić information content (AvgIpc) is 2.35. The van der Waals surface area contributed by atoms with E-state index in [0.717, 1.165) is 6.08 Å². The van der Waals surface area contributed by atoms with Gasteiger partial charge in [0.25, 0.3) is 0 Å². The summed E-state index contributed by atoms with van der Waals surface area (Å²) in [6, 6.07) is 0.